The zero-order chi connectivity index (χ0) is 34.0. The Hall–Kier alpha value is -2.32. The first-order valence-electron chi connectivity index (χ1n) is 16.9. The molecule has 4 aromatic rings. The van der Waals surface area contributed by atoms with Crippen LogP contribution in [0.2, 0.25) is 18.1 Å². The van der Waals surface area contributed by atoms with Crippen molar-refractivity contribution in [1.29, 1.82) is 0 Å². The largest absolute Gasteiger partial charge is 0.545 e. The molecule has 0 amide bonds. The molecule has 0 aromatic heterocycles. The van der Waals surface area contributed by atoms with Crippen LogP contribution >= 0.6 is 37.0 Å². The lowest BCUT2D eigenvalue weighted by Crippen LogP contribution is -2.42. The van der Waals surface area contributed by atoms with Gasteiger partial charge in [-0.05, 0) is 40.4 Å². The second kappa shape index (κ2) is 12.5. The van der Waals surface area contributed by atoms with Crippen LogP contribution in [-0.4, -0.2) is 8.32 Å². The molecule has 1 fully saturated rings. The van der Waals surface area contributed by atoms with Crippen molar-refractivity contribution in [3.8, 4) is 0 Å². The van der Waals surface area contributed by atoms with E-state index in [1.54, 1.807) is 5.06 Å². The van der Waals surface area contributed by atoms with Gasteiger partial charge in [-0.1, -0.05) is 198 Å². The molecule has 4 atom stereocenters. The standard InChI is InChI=1S/C42H46OP2S2Si/c1-39(2,3)37(43-48(7,8)40(4,5)6)38-44-41(33-25-17-11-18-26-33,29-35(46-44)31-21-13-9-14-22-31)42(34-27-19-12-20-28-34)30-36(47-45(38)42)32-23-15-10-16-24-32/h9-30H,1-8H3/t41-,42-,44?,45?/m1/s1. The maximum Gasteiger partial charge on any atom is 0.250 e. The van der Waals surface area contributed by atoms with Gasteiger partial charge in [0, 0.05) is 34.5 Å². The Bertz CT molecular complexity index is 1780. The minimum absolute atomic E-state index is 0.0861. The zero-order valence-electron chi connectivity index (χ0n) is 29.3. The summed E-state index contributed by atoms with van der Waals surface area (Å²) in [5.74, 6) is 1.26. The van der Waals surface area contributed by atoms with Crippen molar-refractivity contribution in [2.75, 3.05) is 0 Å². The molecule has 6 heteroatoms. The van der Waals surface area contributed by atoms with E-state index in [1.807, 2.05) is 0 Å². The van der Waals surface area contributed by atoms with Crippen LogP contribution in [0.1, 0.15) is 63.8 Å². The monoisotopic (exact) mass is 720 g/mol. The Morgan fingerprint density at radius 3 is 1.25 bits per heavy atom. The van der Waals surface area contributed by atoms with Crippen molar-refractivity contribution >= 4 is 55.1 Å². The smallest absolute Gasteiger partial charge is 0.250 e. The summed E-state index contributed by atoms with van der Waals surface area (Å²) in [5.41, 5.74) is 5.28. The summed E-state index contributed by atoms with van der Waals surface area (Å²) in [5, 5.41) is 1.16. The number of rotatable bonds is 6. The van der Waals surface area contributed by atoms with Crippen molar-refractivity contribution in [3.05, 3.63) is 167 Å². The maximum atomic E-state index is 7.69. The molecule has 3 aliphatic heterocycles. The van der Waals surface area contributed by atoms with E-state index < -0.39 is 22.6 Å². The van der Waals surface area contributed by atoms with Gasteiger partial charge < -0.3 is 4.43 Å². The highest BCUT2D eigenvalue weighted by Crippen LogP contribution is 3.03. The molecule has 7 rings (SSSR count). The third-order valence-corrected chi connectivity index (χ3v) is 27.3. The predicted octanol–water partition coefficient (Wildman–Crippen LogP) is 14.4. The van der Waals surface area contributed by atoms with Gasteiger partial charge in [-0.15, -0.1) is 0 Å². The van der Waals surface area contributed by atoms with Crippen molar-refractivity contribution in [2.45, 2.75) is 70.0 Å². The van der Waals surface area contributed by atoms with Crippen molar-refractivity contribution in [2.24, 2.45) is 5.41 Å². The number of hydrogen-bond acceptors (Lipinski definition) is 3. The highest BCUT2D eigenvalue weighted by Gasteiger charge is 2.72. The molecular formula is C42H46OP2S2Si. The number of benzene rings is 4. The SMILES string of the molecule is CC(C)(C)C(O[Si](C)(C)C(C)(C)C)=C1P2SC(c3ccccc3)=C[C@@]2(c2ccccc2)[C@]2(c3ccccc3)C=C(c3ccccc3)SP12. The molecule has 1 saturated heterocycles. The minimum atomic E-state index is -2.19. The summed E-state index contributed by atoms with van der Waals surface area (Å²) in [4.78, 5) is 2.78. The summed E-state index contributed by atoms with van der Waals surface area (Å²) in [7, 11) is -3.79. The van der Waals surface area contributed by atoms with Crippen molar-refractivity contribution in [3.63, 3.8) is 0 Å². The quantitative estimate of drug-likeness (QED) is 0.111. The van der Waals surface area contributed by atoms with E-state index in [-0.39, 0.29) is 20.8 Å². The molecule has 4 aromatic carbocycles. The van der Waals surface area contributed by atoms with E-state index in [0.29, 0.717) is 0 Å². The molecule has 3 aliphatic rings. The summed E-state index contributed by atoms with van der Waals surface area (Å²) in [6.07, 6.45) is 5.42. The Balaban J connectivity index is 1.64. The molecule has 0 aliphatic carbocycles. The van der Waals surface area contributed by atoms with Gasteiger partial charge in [-0.3, -0.25) is 0 Å². The fourth-order valence-corrected chi connectivity index (χ4v) is 25.3. The number of hydrogen-bond donors (Lipinski definition) is 0. The van der Waals surface area contributed by atoms with Crippen LogP contribution in [0, 0.1) is 5.41 Å². The van der Waals surface area contributed by atoms with Gasteiger partial charge in [0.05, 0.1) is 16.1 Å². The molecule has 48 heavy (non-hydrogen) atoms. The van der Waals surface area contributed by atoms with E-state index in [4.69, 9.17) is 4.43 Å². The zero-order valence-corrected chi connectivity index (χ0v) is 33.7. The van der Waals surface area contributed by atoms with Gasteiger partial charge in [-0.2, -0.15) is 0 Å². The Morgan fingerprint density at radius 2 is 0.917 bits per heavy atom. The van der Waals surface area contributed by atoms with Crippen LogP contribution in [0.15, 0.2) is 144 Å². The molecule has 2 unspecified atom stereocenters. The first kappa shape index (κ1) is 34.1. The van der Waals surface area contributed by atoms with E-state index in [2.05, 4.69) is 211 Å². The lowest BCUT2D eigenvalue weighted by Gasteiger charge is -2.43. The fraction of sp³-hybridized carbons (Fsp3) is 0.286. The van der Waals surface area contributed by atoms with Gasteiger partial charge in [-0.25, -0.2) is 0 Å². The van der Waals surface area contributed by atoms with E-state index in [0.717, 1.165) is 0 Å². The van der Waals surface area contributed by atoms with Gasteiger partial charge in [0.1, 0.15) is 0 Å². The lowest BCUT2D eigenvalue weighted by atomic mass is 9.78. The van der Waals surface area contributed by atoms with Crippen molar-refractivity contribution in [1.82, 2.24) is 0 Å². The highest BCUT2D eigenvalue weighted by molar-refractivity contribution is 8.70. The molecular weight excluding hydrogens is 675 g/mol. The summed E-state index contributed by atoms with van der Waals surface area (Å²) >= 11 is 4.28. The molecule has 0 saturated carbocycles. The third kappa shape index (κ3) is 5.46. The summed E-state index contributed by atoms with van der Waals surface area (Å²) < 4.78 is 7.69. The van der Waals surface area contributed by atoms with Crippen LogP contribution in [-0.2, 0) is 14.7 Å². The Labute approximate surface area is 299 Å². The normalized spacial score (nSPS) is 25.3. The molecule has 246 valence electrons. The first-order valence-corrected chi connectivity index (χ1v) is 25.3. The van der Waals surface area contributed by atoms with Crippen LogP contribution in [0.3, 0.4) is 0 Å². The maximum absolute atomic E-state index is 7.69. The second-order valence-corrected chi connectivity index (χ2v) is 28.6. The third-order valence-electron chi connectivity index (χ3n) is 10.3. The van der Waals surface area contributed by atoms with Crippen LogP contribution in [0.4, 0.5) is 0 Å². The average Bonchev–Trinajstić information content (AvgIpc) is 3.72. The van der Waals surface area contributed by atoms with Gasteiger partial charge in [0.25, 0.3) is 0 Å². The van der Waals surface area contributed by atoms with Gasteiger partial charge >= 0.3 is 0 Å². The van der Waals surface area contributed by atoms with E-state index >= 15 is 0 Å². The molecule has 3 heterocycles. The average molecular weight is 721 g/mol. The Morgan fingerprint density at radius 1 is 0.562 bits per heavy atom. The molecule has 0 bridgehead atoms. The van der Waals surface area contributed by atoms with Gasteiger partial charge in [0.15, 0.2) is 0 Å². The van der Waals surface area contributed by atoms with Gasteiger partial charge in [0.2, 0.25) is 8.32 Å². The van der Waals surface area contributed by atoms with Crippen LogP contribution in [0.25, 0.3) is 9.81 Å². The number of fused-ring (bicyclic) bond motifs is 3. The van der Waals surface area contributed by atoms with Crippen LogP contribution < -0.4 is 0 Å². The summed E-state index contributed by atoms with van der Waals surface area (Å²) in [6.45, 7) is 19.1. The fourth-order valence-electron chi connectivity index (χ4n) is 6.75. The topological polar surface area (TPSA) is 9.23 Å². The van der Waals surface area contributed by atoms with Crippen molar-refractivity contribution < 1.29 is 4.43 Å². The first-order chi connectivity index (χ1) is 22.8. The molecule has 0 N–H and O–H groups in total. The lowest BCUT2D eigenvalue weighted by molar-refractivity contribution is 0.274. The summed E-state index contributed by atoms with van der Waals surface area (Å²) in [6, 6.07) is 45.2. The van der Waals surface area contributed by atoms with E-state index in [1.165, 1.54) is 37.8 Å². The molecule has 1 nitrogen and oxygen atoms in total. The minimum Gasteiger partial charge on any atom is -0.545 e. The Kier molecular flexibility index (Phi) is 8.87. The highest BCUT2D eigenvalue weighted by atomic mass is 32.7. The van der Waals surface area contributed by atoms with Crippen LogP contribution in [0.5, 0.6) is 0 Å². The predicted molar refractivity (Wildman–Crippen MR) is 219 cm³/mol. The number of allylic oxidation sites excluding steroid dienone is 3. The molecule has 0 radical (unpaired) electrons. The second-order valence-electron chi connectivity index (χ2n) is 15.6. The van der Waals surface area contributed by atoms with E-state index in [9.17, 15) is 0 Å². The molecule has 0 spiro atoms.